The third-order valence-electron chi connectivity index (χ3n) is 2.15. The van der Waals surface area contributed by atoms with Gasteiger partial charge in [0.25, 0.3) is 0 Å². The minimum Gasteiger partial charge on any atom is -0.0625 e. The van der Waals surface area contributed by atoms with Crippen molar-refractivity contribution in [2.75, 3.05) is 0 Å². The SMILES string of the molecule is CC(C)C1[C]CCCC1. The van der Waals surface area contributed by atoms with Crippen LogP contribution in [0.3, 0.4) is 0 Å². The molecular weight excluding hydrogens is 108 g/mol. The quantitative estimate of drug-likeness (QED) is 0.504. The van der Waals surface area contributed by atoms with Gasteiger partial charge in [-0.2, -0.15) is 0 Å². The van der Waals surface area contributed by atoms with Crippen molar-refractivity contribution >= 4 is 0 Å². The Bertz CT molecular complexity index is 68.1. The Labute approximate surface area is 58.7 Å². The first-order valence-electron chi connectivity index (χ1n) is 4.04. The smallest absolute Gasteiger partial charge is 0.0137 e. The third-order valence-corrected chi connectivity index (χ3v) is 2.15. The number of rotatable bonds is 1. The molecule has 9 heavy (non-hydrogen) atoms. The minimum atomic E-state index is 0.804. The Morgan fingerprint density at radius 1 is 1.33 bits per heavy atom. The average molecular weight is 124 g/mol. The second kappa shape index (κ2) is 3.24. The largest absolute Gasteiger partial charge is 0.0625 e. The van der Waals surface area contributed by atoms with E-state index in [2.05, 4.69) is 20.3 Å². The molecule has 0 bridgehead atoms. The highest BCUT2D eigenvalue weighted by Crippen LogP contribution is 2.28. The highest BCUT2D eigenvalue weighted by Gasteiger charge is 2.16. The molecule has 1 unspecified atom stereocenters. The molecule has 0 aromatic carbocycles. The van der Waals surface area contributed by atoms with Crippen molar-refractivity contribution in [3.63, 3.8) is 0 Å². The van der Waals surface area contributed by atoms with Gasteiger partial charge in [-0.05, 0) is 31.1 Å². The summed E-state index contributed by atoms with van der Waals surface area (Å²) in [6.07, 6.45) is 8.95. The highest BCUT2D eigenvalue weighted by molar-refractivity contribution is 4.82. The lowest BCUT2D eigenvalue weighted by Crippen LogP contribution is -2.12. The van der Waals surface area contributed by atoms with Gasteiger partial charge >= 0.3 is 0 Å². The van der Waals surface area contributed by atoms with Crippen molar-refractivity contribution in [1.82, 2.24) is 0 Å². The normalized spacial score (nSPS) is 23.0. The first-order chi connectivity index (χ1) is 4.30. The third kappa shape index (κ3) is 2.00. The minimum absolute atomic E-state index is 0.804. The molecule has 0 aliphatic heterocycles. The lowest BCUT2D eigenvalue weighted by molar-refractivity contribution is 0.350. The van der Waals surface area contributed by atoms with E-state index < -0.39 is 0 Å². The van der Waals surface area contributed by atoms with Gasteiger partial charge in [0.1, 0.15) is 0 Å². The zero-order valence-corrected chi connectivity index (χ0v) is 6.48. The molecule has 1 atom stereocenters. The second-order valence-electron chi connectivity index (χ2n) is 3.30. The topological polar surface area (TPSA) is 0 Å². The summed E-state index contributed by atoms with van der Waals surface area (Å²) in [5.41, 5.74) is 0. The molecule has 1 fully saturated rings. The molecule has 0 aromatic heterocycles. The number of hydrogen-bond acceptors (Lipinski definition) is 0. The second-order valence-corrected chi connectivity index (χ2v) is 3.30. The van der Waals surface area contributed by atoms with Gasteiger partial charge in [0.2, 0.25) is 0 Å². The van der Waals surface area contributed by atoms with Gasteiger partial charge < -0.3 is 0 Å². The van der Waals surface area contributed by atoms with E-state index in [1.165, 1.54) is 25.7 Å². The molecule has 0 saturated heterocycles. The van der Waals surface area contributed by atoms with E-state index in [9.17, 15) is 0 Å². The Morgan fingerprint density at radius 3 is 2.44 bits per heavy atom. The van der Waals surface area contributed by atoms with Gasteiger partial charge in [-0.15, -0.1) is 0 Å². The molecule has 0 aromatic rings. The molecule has 0 heteroatoms. The van der Waals surface area contributed by atoms with Crippen LogP contribution in [0.5, 0.6) is 0 Å². The summed E-state index contributed by atoms with van der Waals surface area (Å²) in [5.74, 6) is 1.63. The zero-order chi connectivity index (χ0) is 6.69. The molecule has 0 amide bonds. The molecule has 2 radical (unpaired) electrons. The summed E-state index contributed by atoms with van der Waals surface area (Å²) in [6.45, 7) is 4.59. The van der Waals surface area contributed by atoms with Crippen LogP contribution in [0.15, 0.2) is 0 Å². The molecule has 0 nitrogen and oxygen atoms in total. The fourth-order valence-electron chi connectivity index (χ4n) is 1.45. The van der Waals surface area contributed by atoms with Crippen LogP contribution in [0.4, 0.5) is 0 Å². The van der Waals surface area contributed by atoms with Crippen LogP contribution >= 0.6 is 0 Å². The Balaban J connectivity index is 2.23. The van der Waals surface area contributed by atoms with Gasteiger partial charge in [-0.3, -0.25) is 0 Å². The average Bonchev–Trinajstić information content (AvgIpc) is 1.90. The van der Waals surface area contributed by atoms with Gasteiger partial charge in [-0.1, -0.05) is 26.7 Å². The van der Waals surface area contributed by atoms with Gasteiger partial charge in [0.15, 0.2) is 0 Å². The van der Waals surface area contributed by atoms with Crippen molar-refractivity contribution in [2.24, 2.45) is 11.8 Å². The lowest BCUT2D eigenvalue weighted by atomic mass is 9.82. The molecule has 1 rings (SSSR count). The summed E-state index contributed by atoms with van der Waals surface area (Å²) < 4.78 is 0. The van der Waals surface area contributed by atoms with Crippen molar-refractivity contribution in [1.29, 1.82) is 0 Å². The molecule has 1 aliphatic carbocycles. The van der Waals surface area contributed by atoms with Crippen LogP contribution in [-0.2, 0) is 0 Å². The van der Waals surface area contributed by atoms with Crippen molar-refractivity contribution in [3.05, 3.63) is 6.42 Å². The van der Waals surface area contributed by atoms with Crippen molar-refractivity contribution in [2.45, 2.75) is 39.5 Å². The maximum absolute atomic E-state index is 3.52. The highest BCUT2D eigenvalue weighted by atomic mass is 14.2. The fourth-order valence-corrected chi connectivity index (χ4v) is 1.45. The van der Waals surface area contributed by atoms with Crippen LogP contribution in [0.2, 0.25) is 0 Å². The summed E-state index contributed by atoms with van der Waals surface area (Å²) in [6, 6.07) is 0. The monoisotopic (exact) mass is 124 g/mol. The summed E-state index contributed by atoms with van der Waals surface area (Å²) in [4.78, 5) is 0. The van der Waals surface area contributed by atoms with E-state index in [4.69, 9.17) is 0 Å². The van der Waals surface area contributed by atoms with Crippen molar-refractivity contribution in [3.8, 4) is 0 Å². The summed E-state index contributed by atoms with van der Waals surface area (Å²) in [7, 11) is 0. The first-order valence-corrected chi connectivity index (χ1v) is 4.04. The fraction of sp³-hybridized carbons (Fsp3) is 0.889. The first kappa shape index (κ1) is 7.11. The maximum atomic E-state index is 3.52. The zero-order valence-electron chi connectivity index (χ0n) is 6.48. The predicted octanol–water partition coefficient (Wildman–Crippen LogP) is 2.91. The van der Waals surface area contributed by atoms with Gasteiger partial charge in [0.05, 0.1) is 0 Å². The molecule has 0 N–H and O–H groups in total. The van der Waals surface area contributed by atoms with E-state index in [1.54, 1.807) is 0 Å². The Morgan fingerprint density at radius 2 is 2.11 bits per heavy atom. The molecule has 0 spiro atoms. The summed E-state index contributed by atoms with van der Waals surface area (Å²) in [5, 5.41) is 0. The van der Waals surface area contributed by atoms with Gasteiger partial charge in [0, 0.05) is 0 Å². The maximum Gasteiger partial charge on any atom is -0.0137 e. The van der Waals surface area contributed by atoms with Crippen LogP contribution in [-0.4, -0.2) is 0 Å². The van der Waals surface area contributed by atoms with Crippen LogP contribution in [0.25, 0.3) is 0 Å². The van der Waals surface area contributed by atoms with E-state index in [0.29, 0.717) is 0 Å². The van der Waals surface area contributed by atoms with Crippen molar-refractivity contribution < 1.29 is 0 Å². The summed E-state index contributed by atoms with van der Waals surface area (Å²) >= 11 is 0. The molecule has 52 valence electrons. The van der Waals surface area contributed by atoms with E-state index in [-0.39, 0.29) is 0 Å². The van der Waals surface area contributed by atoms with E-state index in [1.807, 2.05) is 0 Å². The van der Waals surface area contributed by atoms with E-state index >= 15 is 0 Å². The van der Waals surface area contributed by atoms with Crippen LogP contribution in [0.1, 0.15) is 39.5 Å². The Hall–Kier alpha value is 0. The molecule has 1 aliphatic rings. The predicted molar refractivity (Wildman–Crippen MR) is 40.0 cm³/mol. The standard InChI is InChI=1S/C9H16/c1-8(2)9-6-4-3-5-7-9/h8-9H,3-6H2,1-2H3. The van der Waals surface area contributed by atoms with Crippen LogP contribution in [0, 0.1) is 18.3 Å². The van der Waals surface area contributed by atoms with Gasteiger partial charge in [-0.25, -0.2) is 0 Å². The molecular formula is C9H16. The number of hydrogen-bond donors (Lipinski definition) is 0. The molecule has 0 heterocycles. The molecule has 1 saturated carbocycles. The van der Waals surface area contributed by atoms with E-state index in [0.717, 1.165) is 11.8 Å². The Kier molecular flexibility index (Phi) is 2.56. The van der Waals surface area contributed by atoms with Crippen LogP contribution < -0.4 is 0 Å². The lowest BCUT2D eigenvalue weighted by Gasteiger charge is -2.23.